The van der Waals surface area contributed by atoms with Gasteiger partial charge in [0.25, 0.3) is 0 Å². The molecule has 4 nitrogen and oxygen atoms in total. The van der Waals surface area contributed by atoms with Crippen LogP contribution in [0.5, 0.6) is 0 Å². The predicted molar refractivity (Wildman–Crippen MR) is 101 cm³/mol. The summed E-state index contributed by atoms with van der Waals surface area (Å²) in [5.41, 5.74) is 2.01. The van der Waals surface area contributed by atoms with E-state index in [1.165, 1.54) is 0 Å². The van der Waals surface area contributed by atoms with E-state index in [1.54, 1.807) is 18.5 Å². The molecule has 0 radical (unpaired) electrons. The van der Waals surface area contributed by atoms with Crippen molar-refractivity contribution in [2.24, 2.45) is 0 Å². The van der Waals surface area contributed by atoms with Gasteiger partial charge in [-0.2, -0.15) is 0 Å². The number of amides is 1. The van der Waals surface area contributed by atoms with Crippen LogP contribution in [0.25, 0.3) is 6.08 Å². The third kappa shape index (κ3) is 5.91. The molecule has 0 fully saturated rings. The van der Waals surface area contributed by atoms with Crippen molar-refractivity contribution in [3.05, 3.63) is 70.5 Å². The lowest BCUT2D eigenvalue weighted by Crippen LogP contribution is -2.35. The van der Waals surface area contributed by atoms with Gasteiger partial charge in [-0.05, 0) is 43.4 Å². The summed E-state index contributed by atoms with van der Waals surface area (Å²) in [6, 6.07) is 11.7. The fourth-order valence-electron chi connectivity index (χ4n) is 2.18. The van der Waals surface area contributed by atoms with Gasteiger partial charge in [0.05, 0.1) is 0 Å². The van der Waals surface area contributed by atoms with Gasteiger partial charge in [0.2, 0.25) is 5.91 Å². The highest BCUT2D eigenvalue weighted by Gasteiger charge is 2.12. The van der Waals surface area contributed by atoms with Crippen LogP contribution in [0.1, 0.15) is 11.1 Å². The molecule has 0 saturated carbocycles. The highest BCUT2D eigenvalue weighted by atomic mass is 79.9. The number of halogens is 1. The SMILES string of the molecule is CN(C)CCN(Cc1cccnc1)C(=O)C=Cc1ccccc1Br. The second-order valence-corrected chi connectivity index (χ2v) is 6.63. The Morgan fingerprint density at radius 2 is 1.96 bits per heavy atom. The molecular weight excluding hydrogens is 366 g/mol. The summed E-state index contributed by atoms with van der Waals surface area (Å²) in [5.74, 6) is -0.00328. The summed E-state index contributed by atoms with van der Waals surface area (Å²) in [6.07, 6.45) is 7.01. The maximum atomic E-state index is 12.6. The molecule has 2 rings (SSSR count). The van der Waals surface area contributed by atoms with Crippen molar-refractivity contribution >= 4 is 27.9 Å². The van der Waals surface area contributed by atoms with Crippen LogP contribution < -0.4 is 0 Å². The molecule has 2 aromatic rings. The third-order valence-electron chi connectivity index (χ3n) is 3.54. The average molecular weight is 388 g/mol. The van der Waals surface area contributed by atoms with Crippen LogP contribution in [-0.2, 0) is 11.3 Å². The Balaban J connectivity index is 2.10. The second-order valence-electron chi connectivity index (χ2n) is 5.78. The molecular formula is C19H22BrN3O. The number of carbonyl (C=O) groups is 1. The number of carbonyl (C=O) groups excluding carboxylic acids is 1. The van der Waals surface area contributed by atoms with Gasteiger partial charge in [-0.3, -0.25) is 9.78 Å². The second kappa shape index (κ2) is 9.35. The summed E-state index contributed by atoms with van der Waals surface area (Å²) in [4.78, 5) is 20.7. The van der Waals surface area contributed by atoms with Gasteiger partial charge in [0.15, 0.2) is 0 Å². The normalized spacial score (nSPS) is 11.2. The molecule has 0 aliphatic carbocycles. The first-order valence-electron chi connectivity index (χ1n) is 7.81. The molecule has 24 heavy (non-hydrogen) atoms. The number of pyridine rings is 1. The molecule has 5 heteroatoms. The monoisotopic (exact) mass is 387 g/mol. The van der Waals surface area contributed by atoms with Gasteiger partial charge in [0.1, 0.15) is 0 Å². The molecule has 0 aliphatic heterocycles. The van der Waals surface area contributed by atoms with Gasteiger partial charge < -0.3 is 9.80 Å². The van der Waals surface area contributed by atoms with Crippen molar-refractivity contribution in [2.75, 3.05) is 27.2 Å². The van der Waals surface area contributed by atoms with E-state index < -0.39 is 0 Å². The van der Waals surface area contributed by atoms with Crippen LogP contribution in [-0.4, -0.2) is 47.9 Å². The van der Waals surface area contributed by atoms with Gasteiger partial charge >= 0.3 is 0 Å². The van der Waals surface area contributed by atoms with Crippen molar-refractivity contribution in [2.45, 2.75) is 6.54 Å². The van der Waals surface area contributed by atoms with Crippen molar-refractivity contribution in [3.63, 3.8) is 0 Å². The fraction of sp³-hybridized carbons (Fsp3) is 0.263. The van der Waals surface area contributed by atoms with Crippen LogP contribution in [0, 0.1) is 0 Å². The van der Waals surface area contributed by atoms with Crippen molar-refractivity contribution in [1.29, 1.82) is 0 Å². The molecule has 126 valence electrons. The van der Waals surface area contributed by atoms with E-state index in [0.717, 1.165) is 22.1 Å². The zero-order chi connectivity index (χ0) is 17.4. The zero-order valence-electron chi connectivity index (χ0n) is 14.0. The molecule has 0 unspecified atom stereocenters. The van der Waals surface area contributed by atoms with Gasteiger partial charge in [0, 0.05) is 42.6 Å². The fourth-order valence-corrected chi connectivity index (χ4v) is 2.59. The van der Waals surface area contributed by atoms with Crippen LogP contribution in [0.3, 0.4) is 0 Å². The first-order valence-corrected chi connectivity index (χ1v) is 8.60. The number of likely N-dealkylation sites (N-methyl/N-ethyl adjacent to an activating group) is 1. The van der Waals surface area contributed by atoms with Crippen LogP contribution in [0.15, 0.2) is 59.3 Å². The van der Waals surface area contributed by atoms with Crippen molar-refractivity contribution < 1.29 is 4.79 Å². The molecule has 1 heterocycles. The molecule has 0 spiro atoms. The smallest absolute Gasteiger partial charge is 0.246 e. The summed E-state index contributed by atoms with van der Waals surface area (Å²) in [5, 5.41) is 0. The predicted octanol–water partition coefficient (Wildman–Crippen LogP) is 3.45. The number of aromatic nitrogens is 1. The van der Waals surface area contributed by atoms with E-state index in [9.17, 15) is 4.79 Å². The van der Waals surface area contributed by atoms with Crippen LogP contribution in [0.4, 0.5) is 0 Å². The lowest BCUT2D eigenvalue weighted by atomic mass is 10.2. The molecule has 0 aliphatic rings. The Labute approximate surface area is 151 Å². The van der Waals surface area contributed by atoms with E-state index in [1.807, 2.05) is 61.5 Å². The highest BCUT2D eigenvalue weighted by Crippen LogP contribution is 2.17. The van der Waals surface area contributed by atoms with E-state index in [0.29, 0.717) is 13.1 Å². The summed E-state index contributed by atoms with van der Waals surface area (Å²) in [6.45, 7) is 2.04. The molecule has 1 aromatic carbocycles. The van der Waals surface area contributed by atoms with Crippen molar-refractivity contribution in [3.8, 4) is 0 Å². The topological polar surface area (TPSA) is 36.4 Å². The first-order chi connectivity index (χ1) is 11.6. The zero-order valence-corrected chi connectivity index (χ0v) is 15.6. The highest BCUT2D eigenvalue weighted by molar-refractivity contribution is 9.10. The van der Waals surface area contributed by atoms with E-state index in [4.69, 9.17) is 0 Å². The van der Waals surface area contributed by atoms with Crippen LogP contribution >= 0.6 is 15.9 Å². The lowest BCUT2D eigenvalue weighted by Gasteiger charge is -2.23. The quantitative estimate of drug-likeness (QED) is 0.682. The maximum absolute atomic E-state index is 12.6. The minimum absolute atomic E-state index is 0.00328. The Morgan fingerprint density at radius 1 is 1.17 bits per heavy atom. The number of hydrogen-bond donors (Lipinski definition) is 0. The lowest BCUT2D eigenvalue weighted by molar-refractivity contribution is -0.126. The van der Waals surface area contributed by atoms with Gasteiger partial charge in [-0.1, -0.05) is 40.2 Å². The molecule has 1 amide bonds. The van der Waals surface area contributed by atoms with Crippen LogP contribution in [0.2, 0.25) is 0 Å². The maximum Gasteiger partial charge on any atom is 0.246 e. The molecule has 0 bridgehead atoms. The largest absolute Gasteiger partial charge is 0.333 e. The molecule has 0 atom stereocenters. The Kier molecular flexibility index (Phi) is 7.15. The summed E-state index contributed by atoms with van der Waals surface area (Å²) >= 11 is 3.50. The minimum Gasteiger partial charge on any atom is -0.333 e. The van der Waals surface area contributed by atoms with Gasteiger partial charge in [-0.15, -0.1) is 0 Å². The van der Waals surface area contributed by atoms with E-state index >= 15 is 0 Å². The Bertz CT molecular complexity index is 686. The Hall–Kier alpha value is -1.98. The average Bonchev–Trinajstić information content (AvgIpc) is 2.58. The number of nitrogens with zero attached hydrogens (tertiary/aromatic N) is 3. The van der Waals surface area contributed by atoms with Crippen molar-refractivity contribution in [1.82, 2.24) is 14.8 Å². The standard InChI is InChI=1S/C19H22BrN3O/c1-22(2)12-13-23(15-16-6-5-11-21-14-16)19(24)10-9-17-7-3-4-8-18(17)20/h3-11,14H,12-13,15H2,1-2H3. The molecule has 1 aromatic heterocycles. The number of rotatable bonds is 7. The summed E-state index contributed by atoms with van der Waals surface area (Å²) in [7, 11) is 4.01. The minimum atomic E-state index is -0.00328. The third-order valence-corrected chi connectivity index (χ3v) is 4.26. The molecule has 0 N–H and O–H groups in total. The molecule has 0 saturated heterocycles. The van der Waals surface area contributed by atoms with E-state index in [2.05, 4.69) is 25.8 Å². The first kappa shape index (κ1) is 18.4. The number of hydrogen-bond acceptors (Lipinski definition) is 3. The Morgan fingerprint density at radius 3 is 2.62 bits per heavy atom. The summed E-state index contributed by atoms with van der Waals surface area (Å²) < 4.78 is 0.973. The number of benzene rings is 1. The van der Waals surface area contributed by atoms with E-state index in [-0.39, 0.29) is 5.91 Å². The van der Waals surface area contributed by atoms with Gasteiger partial charge in [-0.25, -0.2) is 0 Å².